The van der Waals surface area contributed by atoms with Gasteiger partial charge in [-0.15, -0.1) is 0 Å². The molecule has 0 radical (unpaired) electrons. The van der Waals surface area contributed by atoms with Crippen molar-refractivity contribution >= 4 is 0 Å². The van der Waals surface area contributed by atoms with Crippen molar-refractivity contribution in [3.63, 3.8) is 0 Å². The monoisotopic (exact) mass is 299 g/mol. The van der Waals surface area contributed by atoms with Crippen molar-refractivity contribution < 1.29 is 5.11 Å². The Hall–Kier alpha value is -0.160. The van der Waals surface area contributed by atoms with Gasteiger partial charge in [-0.2, -0.15) is 0 Å². The summed E-state index contributed by atoms with van der Waals surface area (Å²) in [6, 6.07) is 0.786. The standard InChI is InChI=1S/C9H20N2.C8H17NO/c1-9(2,3)11-6-8(7-11)10(4)5;1-7(2,3)9-5-8(4,10)6-9/h8H,6-7H2,1-5H3;10H,5-6H2,1-4H3. The van der Waals surface area contributed by atoms with E-state index in [1.165, 1.54) is 13.1 Å². The number of hydrogen-bond donors (Lipinski definition) is 1. The van der Waals surface area contributed by atoms with Gasteiger partial charge in [0.25, 0.3) is 0 Å². The molecule has 2 rings (SSSR count). The molecular weight excluding hydrogens is 262 g/mol. The molecule has 0 spiro atoms. The summed E-state index contributed by atoms with van der Waals surface area (Å²) in [6.07, 6.45) is 0. The first-order chi connectivity index (χ1) is 9.22. The summed E-state index contributed by atoms with van der Waals surface area (Å²) in [5.41, 5.74) is 0.169. The fourth-order valence-electron chi connectivity index (χ4n) is 2.58. The van der Waals surface area contributed by atoms with Crippen LogP contribution < -0.4 is 0 Å². The summed E-state index contributed by atoms with van der Waals surface area (Å²) in [4.78, 5) is 7.09. The van der Waals surface area contributed by atoms with Crippen LogP contribution in [0.2, 0.25) is 0 Å². The summed E-state index contributed by atoms with van der Waals surface area (Å²) >= 11 is 0. The molecule has 2 fully saturated rings. The van der Waals surface area contributed by atoms with Crippen LogP contribution in [0.25, 0.3) is 0 Å². The van der Waals surface area contributed by atoms with E-state index in [4.69, 9.17) is 0 Å². The van der Waals surface area contributed by atoms with Gasteiger partial charge in [0.15, 0.2) is 0 Å². The van der Waals surface area contributed by atoms with E-state index in [1.54, 1.807) is 0 Å². The third-order valence-corrected chi connectivity index (χ3v) is 4.55. The molecule has 126 valence electrons. The highest BCUT2D eigenvalue weighted by molar-refractivity contribution is 4.97. The zero-order chi connectivity index (χ0) is 16.6. The molecule has 2 aliphatic heterocycles. The van der Waals surface area contributed by atoms with Crippen molar-refractivity contribution in [1.29, 1.82) is 0 Å². The van der Waals surface area contributed by atoms with Gasteiger partial charge in [-0.25, -0.2) is 0 Å². The molecule has 0 bridgehead atoms. The minimum absolute atomic E-state index is 0.224. The number of likely N-dealkylation sites (N-methyl/N-ethyl adjacent to an activating group) is 1. The maximum atomic E-state index is 9.41. The van der Waals surface area contributed by atoms with E-state index >= 15 is 0 Å². The van der Waals surface area contributed by atoms with Gasteiger partial charge in [0.1, 0.15) is 0 Å². The highest BCUT2D eigenvalue weighted by atomic mass is 16.3. The van der Waals surface area contributed by atoms with Crippen molar-refractivity contribution in [1.82, 2.24) is 14.7 Å². The van der Waals surface area contributed by atoms with Crippen molar-refractivity contribution in [2.45, 2.75) is 71.2 Å². The number of aliphatic hydroxyl groups is 1. The molecule has 4 heteroatoms. The van der Waals surface area contributed by atoms with Crippen molar-refractivity contribution in [3.8, 4) is 0 Å². The number of rotatable bonds is 1. The van der Waals surface area contributed by atoms with E-state index in [1.807, 2.05) is 6.92 Å². The van der Waals surface area contributed by atoms with Gasteiger partial charge >= 0.3 is 0 Å². The second-order valence-electron chi connectivity index (χ2n) is 9.22. The third-order valence-electron chi connectivity index (χ3n) is 4.55. The lowest BCUT2D eigenvalue weighted by molar-refractivity contribution is -0.119. The van der Waals surface area contributed by atoms with E-state index < -0.39 is 5.60 Å². The Morgan fingerprint density at radius 1 is 0.905 bits per heavy atom. The largest absolute Gasteiger partial charge is 0.388 e. The van der Waals surface area contributed by atoms with Crippen LogP contribution in [0.1, 0.15) is 48.5 Å². The zero-order valence-electron chi connectivity index (χ0n) is 15.7. The van der Waals surface area contributed by atoms with Crippen molar-refractivity contribution in [3.05, 3.63) is 0 Å². The van der Waals surface area contributed by atoms with Crippen LogP contribution >= 0.6 is 0 Å². The van der Waals surface area contributed by atoms with E-state index in [0.717, 1.165) is 19.1 Å². The SMILES string of the molecule is CC1(O)CN(C(C)(C)C)C1.CN(C)C1CN(C(C)(C)C)C1. The summed E-state index contributed by atoms with van der Waals surface area (Å²) in [5, 5.41) is 9.41. The molecule has 0 aromatic rings. The van der Waals surface area contributed by atoms with Gasteiger partial charge in [-0.3, -0.25) is 9.80 Å². The van der Waals surface area contributed by atoms with Crippen molar-refractivity contribution in [2.24, 2.45) is 0 Å². The first kappa shape index (κ1) is 18.9. The predicted octanol–water partition coefficient (Wildman–Crippen LogP) is 1.88. The fourth-order valence-corrected chi connectivity index (χ4v) is 2.58. The lowest BCUT2D eigenvalue weighted by Gasteiger charge is -2.51. The summed E-state index contributed by atoms with van der Waals surface area (Å²) in [6.45, 7) is 19.3. The second kappa shape index (κ2) is 6.15. The molecule has 1 N–H and O–H groups in total. The summed E-state index contributed by atoms with van der Waals surface area (Å²) in [7, 11) is 4.31. The molecule has 0 aromatic carbocycles. The van der Waals surface area contributed by atoms with Gasteiger partial charge < -0.3 is 10.0 Å². The number of β-amino-alcohol motifs (C(OH)–C–C–N with tert-alkyl or cyclic N) is 1. The maximum absolute atomic E-state index is 9.41. The average molecular weight is 300 g/mol. The summed E-state index contributed by atoms with van der Waals surface area (Å²) in [5.74, 6) is 0. The Kier molecular flexibility index (Phi) is 5.53. The molecule has 2 aliphatic rings. The highest BCUT2D eigenvalue weighted by Crippen LogP contribution is 2.27. The molecule has 4 nitrogen and oxygen atoms in total. The Labute approximate surface area is 132 Å². The lowest BCUT2D eigenvalue weighted by Crippen LogP contribution is -2.65. The van der Waals surface area contributed by atoms with Gasteiger partial charge in [-0.05, 0) is 62.6 Å². The number of nitrogens with zero attached hydrogens (tertiary/aromatic N) is 3. The van der Waals surface area contributed by atoms with Crippen LogP contribution in [-0.4, -0.2) is 82.8 Å². The average Bonchev–Trinajstić information content (AvgIpc) is 2.07. The Morgan fingerprint density at radius 2 is 1.29 bits per heavy atom. The molecule has 2 saturated heterocycles. The molecule has 0 amide bonds. The van der Waals surface area contributed by atoms with Crippen LogP contribution in [0.3, 0.4) is 0 Å². The van der Waals surface area contributed by atoms with Crippen LogP contribution in [0.4, 0.5) is 0 Å². The highest BCUT2D eigenvalue weighted by Gasteiger charge is 2.41. The first-order valence-electron chi connectivity index (χ1n) is 8.11. The molecule has 0 saturated carbocycles. The molecule has 0 aliphatic carbocycles. The van der Waals surface area contributed by atoms with E-state index in [2.05, 4.69) is 70.3 Å². The quantitative estimate of drug-likeness (QED) is 0.801. The smallest absolute Gasteiger partial charge is 0.0872 e. The minimum Gasteiger partial charge on any atom is -0.388 e. The molecule has 2 heterocycles. The first-order valence-corrected chi connectivity index (χ1v) is 8.11. The Balaban J connectivity index is 0.000000211. The summed E-state index contributed by atoms with van der Waals surface area (Å²) < 4.78 is 0. The molecule has 21 heavy (non-hydrogen) atoms. The minimum atomic E-state index is -0.423. The van der Waals surface area contributed by atoms with E-state index in [9.17, 15) is 5.11 Å². The van der Waals surface area contributed by atoms with Crippen LogP contribution in [0, 0.1) is 0 Å². The normalized spacial score (nSPS) is 24.1. The Bertz CT molecular complexity index is 325. The van der Waals surface area contributed by atoms with Gasteiger partial charge in [0, 0.05) is 43.3 Å². The van der Waals surface area contributed by atoms with Gasteiger partial charge in [-0.1, -0.05) is 0 Å². The maximum Gasteiger partial charge on any atom is 0.0872 e. The second-order valence-corrected chi connectivity index (χ2v) is 9.22. The molecule has 0 aromatic heterocycles. The van der Waals surface area contributed by atoms with Crippen molar-refractivity contribution in [2.75, 3.05) is 40.3 Å². The molecular formula is C17H37N3O. The predicted molar refractivity (Wildman–Crippen MR) is 90.8 cm³/mol. The lowest BCUT2D eigenvalue weighted by atomic mass is 9.90. The molecule has 0 atom stereocenters. The number of likely N-dealkylation sites (tertiary alicyclic amines) is 2. The van der Waals surface area contributed by atoms with E-state index in [-0.39, 0.29) is 5.54 Å². The zero-order valence-corrected chi connectivity index (χ0v) is 15.7. The van der Waals surface area contributed by atoms with Gasteiger partial charge in [0.2, 0.25) is 0 Å². The van der Waals surface area contributed by atoms with E-state index in [0.29, 0.717) is 5.54 Å². The number of hydrogen-bond acceptors (Lipinski definition) is 4. The fraction of sp³-hybridized carbons (Fsp3) is 1.00. The van der Waals surface area contributed by atoms with Crippen LogP contribution in [-0.2, 0) is 0 Å². The van der Waals surface area contributed by atoms with Crippen LogP contribution in [0.15, 0.2) is 0 Å². The molecule has 0 unspecified atom stereocenters. The topological polar surface area (TPSA) is 30.0 Å². The third kappa shape index (κ3) is 5.51. The van der Waals surface area contributed by atoms with Gasteiger partial charge in [0.05, 0.1) is 5.60 Å². The Morgan fingerprint density at radius 3 is 1.48 bits per heavy atom. The van der Waals surface area contributed by atoms with Crippen LogP contribution in [0.5, 0.6) is 0 Å².